The van der Waals surface area contributed by atoms with Crippen molar-refractivity contribution in [3.63, 3.8) is 0 Å². The SMILES string of the molecule is CCCCOC(=O)C(C)Oc1c(C)n(CCOc2ccc(OC)cc2)ccc1=O. The van der Waals surface area contributed by atoms with Crippen molar-refractivity contribution >= 4 is 5.97 Å². The quantitative estimate of drug-likeness (QED) is 0.423. The minimum atomic E-state index is -0.857. The number of esters is 1. The Morgan fingerprint density at radius 2 is 1.79 bits per heavy atom. The van der Waals surface area contributed by atoms with Gasteiger partial charge in [0.1, 0.15) is 18.1 Å². The lowest BCUT2D eigenvalue weighted by molar-refractivity contribution is -0.151. The molecule has 0 N–H and O–H groups in total. The van der Waals surface area contributed by atoms with Crippen LogP contribution in [-0.2, 0) is 16.1 Å². The summed E-state index contributed by atoms with van der Waals surface area (Å²) in [5.74, 6) is 1.16. The first kappa shape index (κ1) is 22.3. The van der Waals surface area contributed by atoms with Crippen molar-refractivity contribution in [1.29, 1.82) is 0 Å². The van der Waals surface area contributed by atoms with Crippen LogP contribution in [0.2, 0.25) is 0 Å². The molecule has 7 nitrogen and oxygen atoms in total. The van der Waals surface area contributed by atoms with E-state index in [0.717, 1.165) is 24.3 Å². The summed E-state index contributed by atoms with van der Waals surface area (Å²) in [5.41, 5.74) is 0.354. The number of ether oxygens (including phenoxy) is 4. The van der Waals surface area contributed by atoms with Gasteiger partial charge >= 0.3 is 5.97 Å². The monoisotopic (exact) mass is 403 g/mol. The Morgan fingerprint density at radius 1 is 1.10 bits per heavy atom. The lowest BCUT2D eigenvalue weighted by Crippen LogP contribution is -2.29. The Morgan fingerprint density at radius 3 is 2.45 bits per heavy atom. The normalized spacial score (nSPS) is 11.6. The van der Waals surface area contributed by atoms with Gasteiger partial charge in [-0.25, -0.2) is 4.79 Å². The molecule has 1 unspecified atom stereocenters. The minimum absolute atomic E-state index is 0.150. The topological polar surface area (TPSA) is 76.0 Å². The third-order valence-corrected chi connectivity index (χ3v) is 4.42. The maximum atomic E-state index is 12.2. The van der Waals surface area contributed by atoms with Gasteiger partial charge < -0.3 is 23.5 Å². The number of benzene rings is 1. The van der Waals surface area contributed by atoms with Gasteiger partial charge in [-0.2, -0.15) is 0 Å². The molecule has 0 fully saturated rings. The smallest absolute Gasteiger partial charge is 0.347 e. The number of aromatic nitrogens is 1. The fourth-order valence-electron chi connectivity index (χ4n) is 2.63. The Bertz CT molecular complexity index is 843. The molecule has 158 valence electrons. The van der Waals surface area contributed by atoms with E-state index in [1.807, 2.05) is 35.8 Å². The van der Waals surface area contributed by atoms with E-state index in [0.29, 0.717) is 25.5 Å². The summed E-state index contributed by atoms with van der Waals surface area (Å²) in [6, 6.07) is 8.74. The van der Waals surface area contributed by atoms with Crippen LogP contribution in [0.4, 0.5) is 0 Å². The van der Waals surface area contributed by atoms with Gasteiger partial charge in [-0.1, -0.05) is 13.3 Å². The van der Waals surface area contributed by atoms with E-state index >= 15 is 0 Å². The first-order valence-electron chi connectivity index (χ1n) is 9.76. The molecule has 29 heavy (non-hydrogen) atoms. The summed E-state index contributed by atoms with van der Waals surface area (Å²) in [4.78, 5) is 24.3. The molecule has 0 radical (unpaired) electrons. The van der Waals surface area contributed by atoms with Crippen LogP contribution in [0.5, 0.6) is 17.2 Å². The van der Waals surface area contributed by atoms with Gasteiger partial charge in [-0.05, 0) is 44.5 Å². The second-order valence-electron chi connectivity index (χ2n) is 6.59. The van der Waals surface area contributed by atoms with Gasteiger partial charge in [0, 0.05) is 12.3 Å². The Balaban J connectivity index is 1.98. The van der Waals surface area contributed by atoms with Crippen molar-refractivity contribution in [2.75, 3.05) is 20.3 Å². The van der Waals surface area contributed by atoms with Crippen LogP contribution < -0.4 is 19.6 Å². The number of carbonyl (C=O) groups excluding carboxylic acids is 1. The van der Waals surface area contributed by atoms with E-state index < -0.39 is 12.1 Å². The fourth-order valence-corrected chi connectivity index (χ4v) is 2.63. The molecule has 1 aromatic carbocycles. The minimum Gasteiger partial charge on any atom is -0.497 e. The highest BCUT2D eigenvalue weighted by molar-refractivity contribution is 5.74. The van der Waals surface area contributed by atoms with Crippen LogP contribution in [0.15, 0.2) is 41.3 Å². The zero-order valence-corrected chi connectivity index (χ0v) is 17.5. The molecule has 0 amide bonds. The molecule has 0 saturated carbocycles. The van der Waals surface area contributed by atoms with Crippen LogP contribution in [0.1, 0.15) is 32.4 Å². The number of nitrogens with zero attached hydrogens (tertiary/aromatic N) is 1. The number of hydrogen-bond donors (Lipinski definition) is 0. The summed E-state index contributed by atoms with van der Waals surface area (Å²) in [7, 11) is 1.61. The highest BCUT2D eigenvalue weighted by Crippen LogP contribution is 2.18. The van der Waals surface area contributed by atoms with Crippen LogP contribution in [-0.4, -0.2) is 37.0 Å². The summed E-state index contributed by atoms with van der Waals surface area (Å²) in [6.45, 7) is 6.65. The Hall–Kier alpha value is -2.96. The van der Waals surface area contributed by atoms with Crippen molar-refractivity contribution in [3.05, 3.63) is 52.4 Å². The van der Waals surface area contributed by atoms with Gasteiger partial charge in [-0.15, -0.1) is 0 Å². The molecule has 0 bridgehead atoms. The van der Waals surface area contributed by atoms with E-state index in [-0.39, 0.29) is 11.2 Å². The maximum Gasteiger partial charge on any atom is 0.347 e. The van der Waals surface area contributed by atoms with Crippen molar-refractivity contribution in [3.8, 4) is 17.2 Å². The largest absolute Gasteiger partial charge is 0.497 e. The number of rotatable bonds is 11. The maximum absolute atomic E-state index is 12.2. The molecule has 2 rings (SSSR count). The van der Waals surface area contributed by atoms with Gasteiger partial charge in [0.2, 0.25) is 5.43 Å². The van der Waals surface area contributed by atoms with E-state index in [1.54, 1.807) is 27.2 Å². The fraction of sp³-hybridized carbons (Fsp3) is 0.455. The summed E-state index contributed by atoms with van der Waals surface area (Å²) in [5, 5.41) is 0. The summed E-state index contributed by atoms with van der Waals surface area (Å²) in [6.07, 6.45) is 2.56. The first-order chi connectivity index (χ1) is 14.0. The zero-order valence-electron chi connectivity index (χ0n) is 17.5. The summed E-state index contributed by atoms with van der Waals surface area (Å²) < 4.78 is 23.5. The second kappa shape index (κ2) is 11.1. The van der Waals surface area contributed by atoms with Gasteiger partial charge in [0.15, 0.2) is 11.9 Å². The molecule has 0 aliphatic carbocycles. The standard InChI is InChI=1S/C22H29NO6/c1-5-6-14-28-22(25)17(3)29-21-16(2)23(12-11-20(21)24)13-15-27-19-9-7-18(26-4)8-10-19/h7-12,17H,5-6,13-15H2,1-4H3. The average Bonchev–Trinajstić information content (AvgIpc) is 2.73. The van der Waals surface area contributed by atoms with Crippen molar-refractivity contribution in [2.24, 2.45) is 0 Å². The van der Waals surface area contributed by atoms with Gasteiger partial charge in [0.25, 0.3) is 0 Å². The molecular weight excluding hydrogens is 374 g/mol. The van der Waals surface area contributed by atoms with E-state index in [4.69, 9.17) is 18.9 Å². The van der Waals surface area contributed by atoms with Crippen LogP contribution >= 0.6 is 0 Å². The molecule has 0 saturated heterocycles. The van der Waals surface area contributed by atoms with Crippen LogP contribution in [0, 0.1) is 6.92 Å². The highest BCUT2D eigenvalue weighted by atomic mass is 16.6. The summed E-state index contributed by atoms with van der Waals surface area (Å²) >= 11 is 0. The number of carbonyl (C=O) groups is 1. The first-order valence-corrected chi connectivity index (χ1v) is 9.76. The molecule has 2 aromatic rings. The average molecular weight is 403 g/mol. The molecule has 1 atom stereocenters. The van der Waals surface area contributed by atoms with Crippen molar-refractivity contribution in [2.45, 2.75) is 46.3 Å². The van der Waals surface area contributed by atoms with E-state index in [2.05, 4.69) is 0 Å². The molecule has 0 spiro atoms. The molecule has 0 aliphatic rings. The van der Waals surface area contributed by atoms with E-state index in [9.17, 15) is 9.59 Å². The predicted octanol–water partition coefficient (Wildman–Crippen LogP) is 3.35. The van der Waals surface area contributed by atoms with Gasteiger partial charge in [-0.3, -0.25) is 4.79 Å². The van der Waals surface area contributed by atoms with Crippen LogP contribution in [0.3, 0.4) is 0 Å². The lowest BCUT2D eigenvalue weighted by Gasteiger charge is -2.18. The molecule has 1 aromatic heterocycles. The van der Waals surface area contributed by atoms with Crippen molar-refractivity contribution < 1.29 is 23.7 Å². The Kier molecular flexibility index (Phi) is 8.58. The number of hydrogen-bond acceptors (Lipinski definition) is 6. The number of unbranched alkanes of at least 4 members (excludes halogenated alkanes) is 1. The molecule has 1 heterocycles. The van der Waals surface area contributed by atoms with Gasteiger partial charge in [0.05, 0.1) is 26.0 Å². The number of methoxy groups -OCH3 is 1. The third-order valence-electron chi connectivity index (χ3n) is 4.42. The molecule has 7 heteroatoms. The molecular formula is C22H29NO6. The highest BCUT2D eigenvalue weighted by Gasteiger charge is 2.19. The second-order valence-corrected chi connectivity index (χ2v) is 6.59. The Labute approximate surface area is 171 Å². The third kappa shape index (κ3) is 6.55. The number of pyridine rings is 1. The molecule has 0 aliphatic heterocycles. The van der Waals surface area contributed by atoms with E-state index in [1.165, 1.54) is 6.07 Å². The zero-order chi connectivity index (χ0) is 21.2. The van der Waals surface area contributed by atoms with Crippen LogP contribution in [0.25, 0.3) is 0 Å². The van der Waals surface area contributed by atoms with Crippen molar-refractivity contribution in [1.82, 2.24) is 4.57 Å². The lowest BCUT2D eigenvalue weighted by atomic mass is 10.3. The predicted molar refractivity (Wildman–Crippen MR) is 110 cm³/mol.